The summed E-state index contributed by atoms with van der Waals surface area (Å²) in [6.45, 7) is 0.297. The molecule has 1 aliphatic heterocycles. The van der Waals surface area contributed by atoms with Crippen molar-refractivity contribution >= 4 is 5.71 Å². The normalized spacial score (nSPS) is 13.9. The van der Waals surface area contributed by atoms with Crippen LogP contribution in [0, 0.1) is 0 Å². The Labute approximate surface area is 192 Å². The van der Waals surface area contributed by atoms with Crippen LogP contribution in [0.1, 0.15) is 29.5 Å². The first-order valence-corrected chi connectivity index (χ1v) is 10.5. The summed E-state index contributed by atoms with van der Waals surface area (Å²) in [5, 5.41) is 4.08. The number of allylic oxidation sites excluding steroid dienone is 1. The van der Waals surface area contributed by atoms with Crippen LogP contribution < -0.4 is 15.0 Å². The molecule has 0 radical (unpaired) electrons. The number of aromatic nitrogens is 4. The van der Waals surface area contributed by atoms with Crippen molar-refractivity contribution in [2.45, 2.75) is 31.9 Å². The van der Waals surface area contributed by atoms with Crippen molar-refractivity contribution in [2.24, 2.45) is 12.0 Å². The van der Waals surface area contributed by atoms with Gasteiger partial charge in [0.2, 0.25) is 0 Å². The molecule has 0 saturated carbocycles. The second-order valence-corrected chi connectivity index (χ2v) is 7.76. The van der Waals surface area contributed by atoms with Crippen LogP contribution in [0.2, 0.25) is 0 Å². The van der Waals surface area contributed by atoms with E-state index in [1.54, 1.807) is 23.0 Å². The van der Waals surface area contributed by atoms with Gasteiger partial charge in [-0.05, 0) is 23.3 Å². The molecule has 0 saturated heterocycles. The Morgan fingerprint density at radius 1 is 1.12 bits per heavy atom. The van der Waals surface area contributed by atoms with E-state index in [4.69, 9.17) is 9.47 Å². The third kappa shape index (κ3) is 6.12. The number of hydrogen-bond donors (Lipinski definition) is 1. The summed E-state index contributed by atoms with van der Waals surface area (Å²) in [6.07, 6.45) is 2.66. The van der Waals surface area contributed by atoms with Crippen LogP contribution in [0.15, 0.2) is 64.6 Å². The van der Waals surface area contributed by atoms with Gasteiger partial charge in [0.25, 0.3) is 11.6 Å². The summed E-state index contributed by atoms with van der Waals surface area (Å²) in [7, 11) is 1.81. The third-order valence-electron chi connectivity index (χ3n) is 5.10. The largest absolute Gasteiger partial charge is 0.464 e. The van der Waals surface area contributed by atoms with Crippen molar-refractivity contribution in [1.29, 1.82) is 0 Å². The minimum Gasteiger partial charge on any atom is -0.464 e. The molecule has 1 aromatic carbocycles. The molecule has 1 aliphatic rings. The fraction of sp³-hybridized carbons (Fsp3) is 0.304. The Morgan fingerprint density at radius 3 is 2.53 bits per heavy atom. The average Bonchev–Trinajstić information content (AvgIpc) is 3.21. The Hall–Kier alpha value is -3.89. The van der Waals surface area contributed by atoms with Gasteiger partial charge in [0.1, 0.15) is 17.2 Å². The number of aromatic amines is 1. The van der Waals surface area contributed by atoms with Crippen molar-refractivity contribution in [2.75, 3.05) is 6.61 Å². The van der Waals surface area contributed by atoms with Gasteiger partial charge in [0.05, 0.1) is 19.0 Å². The number of halogens is 3. The maximum atomic E-state index is 12.6. The average molecular weight is 473 g/mol. The molecule has 0 fully saturated rings. The Balaban J connectivity index is 1.26. The molecule has 1 N–H and O–H groups in total. The lowest BCUT2D eigenvalue weighted by Gasteiger charge is -2.16. The van der Waals surface area contributed by atoms with Crippen LogP contribution in [0.5, 0.6) is 11.8 Å². The lowest BCUT2D eigenvalue weighted by atomic mass is 10.1. The molecule has 11 heteroatoms. The van der Waals surface area contributed by atoms with Gasteiger partial charge >= 0.3 is 6.18 Å². The number of rotatable bonds is 8. The Kier molecular flexibility index (Phi) is 6.80. The molecular formula is C23H22F3N5O3. The fourth-order valence-corrected chi connectivity index (χ4v) is 3.34. The number of benzene rings is 1. The fourth-order valence-electron chi connectivity index (χ4n) is 3.34. The van der Waals surface area contributed by atoms with Gasteiger partial charge in [-0.1, -0.05) is 12.1 Å². The predicted octanol–water partition coefficient (Wildman–Crippen LogP) is 3.73. The molecule has 3 aromatic rings. The standard InChI is InChI=1S/C23H22F3N5O3/c1-31-14-16(11-29-31)10-17-12-28-22(30-21(17)32)33-9-8-15-2-4-18(5-3-15)34-19-6-7-20(27-13-19)23(24,25)26/h2-5,11-14H,6-10H2,1H3,(H,28,30,32). The minimum atomic E-state index is -4.41. The van der Waals surface area contributed by atoms with Gasteiger partial charge in [-0.15, -0.1) is 0 Å². The minimum absolute atomic E-state index is 0.139. The maximum absolute atomic E-state index is 12.6. The van der Waals surface area contributed by atoms with E-state index in [1.165, 1.54) is 6.20 Å². The van der Waals surface area contributed by atoms with Crippen molar-refractivity contribution in [3.63, 3.8) is 0 Å². The zero-order valence-electron chi connectivity index (χ0n) is 18.3. The number of ether oxygens (including phenoxy) is 2. The highest BCUT2D eigenvalue weighted by atomic mass is 19.4. The van der Waals surface area contributed by atoms with Crippen molar-refractivity contribution in [3.8, 4) is 11.8 Å². The van der Waals surface area contributed by atoms with Crippen molar-refractivity contribution < 1.29 is 22.6 Å². The summed E-state index contributed by atoms with van der Waals surface area (Å²) < 4.78 is 50.7. The van der Waals surface area contributed by atoms with E-state index in [1.807, 2.05) is 25.4 Å². The predicted molar refractivity (Wildman–Crippen MR) is 118 cm³/mol. The van der Waals surface area contributed by atoms with E-state index >= 15 is 0 Å². The smallest absolute Gasteiger partial charge is 0.429 e. The molecule has 2 aromatic heterocycles. The van der Waals surface area contributed by atoms with Crippen LogP contribution in [0.25, 0.3) is 0 Å². The summed E-state index contributed by atoms with van der Waals surface area (Å²) >= 11 is 0. The van der Waals surface area contributed by atoms with Crippen LogP contribution >= 0.6 is 0 Å². The van der Waals surface area contributed by atoms with Gasteiger partial charge < -0.3 is 9.47 Å². The molecule has 0 bridgehead atoms. The number of H-pyrrole nitrogens is 1. The number of aryl methyl sites for hydroxylation is 1. The van der Waals surface area contributed by atoms with Gasteiger partial charge in [0.15, 0.2) is 0 Å². The van der Waals surface area contributed by atoms with Crippen molar-refractivity contribution in [3.05, 3.63) is 81.9 Å². The number of aliphatic imine (C=N–C) groups is 1. The lowest BCUT2D eigenvalue weighted by molar-refractivity contribution is -0.0607. The van der Waals surface area contributed by atoms with Gasteiger partial charge in [-0.3, -0.25) is 19.5 Å². The van der Waals surface area contributed by atoms with Crippen LogP contribution in [-0.4, -0.2) is 38.2 Å². The molecule has 0 aliphatic carbocycles. The SMILES string of the molecule is Cn1cc(Cc2cnc(OCCc3ccc(OC4=CN=C(C(F)(F)F)CC4)cc3)[nH]c2=O)cn1. The number of nitrogens with zero attached hydrogens (tertiary/aromatic N) is 4. The second kappa shape index (κ2) is 9.94. The topological polar surface area (TPSA) is 94.4 Å². The van der Waals surface area contributed by atoms with Crippen molar-refractivity contribution in [1.82, 2.24) is 19.7 Å². The first-order valence-electron chi connectivity index (χ1n) is 10.5. The molecule has 8 nitrogen and oxygen atoms in total. The van der Waals surface area contributed by atoms with Gasteiger partial charge in [-0.2, -0.15) is 18.3 Å². The molecule has 178 valence electrons. The summed E-state index contributed by atoms with van der Waals surface area (Å²) in [6, 6.07) is 7.26. The summed E-state index contributed by atoms with van der Waals surface area (Å²) in [4.78, 5) is 22.5. The highest BCUT2D eigenvalue weighted by molar-refractivity contribution is 5.90. The van der Waals surface area contributed by atoms with E-state index in [0.29, 0.717) is 36.5 Å². The highest BCUT2D eigenvalue weighted by Crippen LogP contribution is 2.27. The van der Waals surface area contributed by atoms with Gasteiger partial charge in [0, 0.05) is 50.7 Å². The zero-order valence-corrected chi connectivity index (χ0v) is 18.3. The Bertz CT molecular complexity index is 1260. The Morgan fingerprint density at radius 2 is 1.91 bits per heavy atom. The van der Waals surface area contributed by atoms with Crippen LogP contribution in [-0.2, 0) is 19.9 Å². The molecule has 34 heavy (non-hydrogen) atoms. The number of nitrogens with one attached hydrogen (secondary N) is 1. The van der Waals surface area contributed by atoms with E-state index in [9.17, 15) is 18.0 Å². The first kappa shape index (κ1) is 23.3. The van der Waals surface area contributed by atoms with Crippen LogP contribution in [0.4, 0.5) is 13.2 Å². The highest BCUT2D eigenvalue weighted by Gasteiger charge is 2.36. The molecule has 0 atom stereocenters. The number of alkyl halides is 3. The first-order chi connectivity index (χ1) is 16.3. The molecule has 4 rings (SSSR count). The summed E-state index contributed by atoms with van der Waals surface area (Å²) in [5.74, 6) is 0.892. The summed E-state index contributed by atoms with van der Waals surface area (Å²) in [5.41, 5.74) is 1.32. The quantitative estimate of drug-likeness (QED) is 0.538. The van der Waals surface area contributed by atoms with E-state index < -0.39 is 11.9 Å². The molecular weight excluding hydrogens is 451 g/mol. The second-order valence-electron chi connectivity index (χ2n) is 7.76. The lowest BCUT2D eigenvalue weighted by Crippen LogP contribution is -2.24. The van der Waals surface area contributed by atoms with Crippen LogP contribution in [0.3, 0.4) is 0 Å². The number of hydrogen-bond acceptors (Lipinski definition) is 6. The molecule has 0 unspecified atom stereocenters. The molecule has 3 heterocycles. The van der Waals surface area contributed by atoms with E-state index in [2.05, 4.69) is 20.1 Å². The molecule has 0 amide bonds. The molecule has 0 spiro atoms. The zero-order chi connectivity index (χ0) is 24.1. The maximum Gasteiger partial charge on any atom is 0.429 e. The van der Waals surface area contributed by atoms with E-state index in [-0.39, 0.29) is 24.4 Å². The van der Waals surface area contributed by atoms with Gasteiger partial charge in [-0.25, -0.2) is 4.98 Å². The third-order valence-corrected chi connectivity index (χ3v) is 5.10. The van der Waals surface area contributed by atoms with E-state index in [0.717, 1.165) is 17.3 Å². The monoisotopic (exact) mass is 473 g/mol.